The normalized spacial score (nSPS) is 16.0. The van der Waals surface area contributed by atoms with Crippen molar-refractivity contribution in [2.45, 2.75) is 37.3 Å². The molecule has 0 bridgehead atoms. The third-order valence-electron chi connectivity index (χ3n) is 5.55. The highest BCUT2D eigenvalue weighted by atomic mass is 32.2. The third kappa shape index (κ3) is 4.79. The van der Waals surface area contributed by atoms with Crippen LogP contribution in [0.4, 0.5) is 15.8 Å². The number of rotatable bonds is 6. The minimum absolute atomic E-state index is 0.0171. The molecule has 0 spiro atoms. The minimum Gasteiger partial charge on any atom is -0.449 e. The Morgan fingerprint density at radius 2 is 1.76 bits per heavy atom. The molecular weight excluding hydrogens is 459 g/mol. The summed E-state index contributed by atoms with van der Waals surface area (Å²) in [6, 6.07) is 17.6. The molecule has 34 heavy (non-hydrogen) atoms. The second-order valence-corrected chi connectivity index (χ2v) is 9.76. The van der Waals surface area contributed by atoms with Crippen LogP contribution in [0.2, 0.25) is 0 Å². The first kappa shape index (κ1) is 23.4. The van der Waals surface area contributed by atoms with E-state index in [4.69, 9.17) is 4.74 Å². The Morgan fingerprint density at radius 1 is 1.06 bits per heavy atom. The molecule has 7 nitrogen and oxygen atoms in total. The second kappa shape index (κ2) is 9.26. The van der Waals surface area contributed by atoms with Crippen LogP contribution in [0.3, 0.4) is 0 Å². The van der Waals surface area contributed by atoms with E-state index in [2.05, 4.69) is 4.72 Å². The summed E-state index contributed by atoms with van der Waals surface area (Å²) in [6.07, 6.45) is -0.359. The quantitative estimate of drug-likeness (QED) is 0.533. The molecule has 1 aliphatic heterocycles. The summed E-state index contributed by atoms with van der Waals surface area (Å²) in [5.74, 6) is -1.67. The average molecular weight is 483 g/mol. The molecule has 0 aliphatic carbocycles. The van der Waals surface area contributed by atoms with Gasteiger partial charge in [0, 0.05) is 17.4 Å². The average Bonchev–Trinajstić information content (AvgIpc) is 3.15. The number of para-hydroxylation sites is 1. The highest BCUT2D eigenvalue weighted by molar-refractivity contribution is 7.92. The van der Waals surface area contributed by atoms with Crippen LogP contribution in [-0.2, 0) is 26.0 Å². The standard InChI is InChI=1S/C25H23FN2O5S/c1-16-14-18-6-3-4-9-23(18)28(16)24(29)17(2)33-25(30)19-7-5-8-22(15-19)34(31,32)27-21-12-10-20(26)11-13-21/h3-13,15-17,27H,14H2,1-2H3. The number of hydrogen-bond acceptors (Lipinski definition) is 5. The zero-order valence-corrected chi connectivity index (χ0v) is 19.4. The SMILES string of the molecule is CC(OC(=O)c1cccc(S(=O)(=O)Nc2ccc(F)cc2)c1)C(=O)N1c2ccccc2CC1C. The number of sulfonamides is 1. The van der Waals surface area contributed by atoms with Crippen LogP contribution < -0.4 is 9.62 Å². The van der Waals surface area contributed by atoms with Gasteiger partial charge in [-0.25, -0.2) is 17.6 Å². The van der Waals surface area contributed by atoms with Crippen molar-refractivity contribution in [3.8, 4) is 0 Å². The Bertz CT molecular complexity index is 1340. The number of amides is 1. The van der Waals surface area contributed by atoms with Gasteiger partial charge in [-0.3, -0.25) is 9.52 Å². The molecule has 3 aromatic rings. The highest BCUT2D eigenvalue weighted by Crippen LogP contribution is 2.32. The van der Waals surface area contributed by atoms with E-state index in [0.717, 1.165) is 23.4 Å². The molecular formula is C25H23FN2O5S. The number of nitrogens with one attached hydrogen (secondary N) is 1. The topological polar surface area (TPSA) is 92.8 Å². The molecule has 3 aromatic carbocycles. The molecule has 1 heterocycles. The van der Waals surface area contributed by atoms with Crippen LogP contribution >= 0.6 is 0 Å². The second-order valence-electron chi connectivity index (χ2n) is 8.08. The predicted octanol–water partition coefficient (Wildman–Crippen LogP) is 4.15. The number of halogens is 1. The van der Waals surface area contributed by atoms with Gasteiger partial charge < -0.3 is 9.64 Å². The summed E-state index contributed by atoms with van der Waals surface area (Å²) in [7, 11) is -4.04. The Balaban J connectivity index is 1.48. The summed E-state index contributed by atoms with van der Waals surface area (Å²) < 4.78 is 46.2. The summed E-state index contributed by atoms with van der Waals surface area (Å²) in [5, 5.41) is 0. The van der Waals surface area contributed by atoms with Gasteiger partial charge in [0.2, 0.25) is 0 Å². The lowest BCUT2D eigenvalue weighted by atomic mass is 10.1. The smallest absolute Gasteiger partial charge is 0.338 e. The molecule has 1 N–H and O–H groups in total. The molecule has 1 amide bonds. The number of carbonyl (C=O) groups is 2. The van der Waals surface area contributed by atoms with Gasteiger partial charge in [-0.05, 0) is 74.4 Å². The lowest BCUT2D eigenvalue weighted by molar-refractivity contribution is -0.126. The molecule has 9 heteroatoms. The van der Waals surface area contributed by atoms with Gasteiger partial charge in [0.25, 0.3) is 15.9 Å². The molecule has 176 valence electrons. The van der Waals surface area contributed by atoms with Crippen molar-refractivity contribution < 1.29 is 27.1 Å². The number of ether oxygens (including phenoxy) is 1. The fraction of sp³-hybridized carbons (Fsp3) is 0.200. The summed E-state index contributed by atoms with van der Waals surface area (Å²) in [4.78, 5) is 27.2. The van der Waals surface area contributed by atoms with Gasteiger partial charge in [-0.2, -0.15) is 0 Å². The monoisotopic (exact) mass is 482 g/mol. The number of benzene rings is 3. The van der Waals surface area contributed by atoms with Crippen molar-refractivity contribution in [3.05, 3.63) is 89.7 Å². The fourth-order valence-corrected chi connectivity index (χ4v) is 5.00. The van der Waals surface area contributed by atoms with Crippen LogP contribution in [0.15, 0.2) is 77.7 Å². The Kier molecular flexibility index (Phi) is 6.39. The van der Waals surface area contributed by atoms with Gasteiger partial charge in [-0.15, -0.1) is 0 Å². The van der Waals surface area contributed by atoms with Crippen molar-refractivity contribution in [3.63, 3.8) is 0 Å². The van der Waals surface area contributed by atoms with Crippen LogP contribution in [0, 0.1) is 5.82 Å². The highest BCUT2D eigenvalue weighted by Gasteiger charge is 2.34. The molecule has 4 rings (SSSR count). The first-order chi connectivity index (χ1) is 16.2. The Morgan fingerprint density at radius 3 is 2.50 bits per heavy atom. The summed E-state index contributed by atoms with van der Waals surface area (Å²) >= 11 is 0. The van der Waals surface area contributed by atoms with Gasteiger partial charge in [0.1, 0.15) is 5.82 Å². The number of hydrogen-bond donors (Lipinski definition) is 1. The molecule has 2 atom stereocenters. The fourth-order valence-electron chi connectivity index (χ4n) is 3.90. The van der Waals surface area contributed by atoms with E-state index in [0.29, 0.717) is 6.42 Å². The summed E-state index contributed by atoms with van der Waals surface area (Å²) in [6.45, 7) is 3.42. The zero-order valence-electron chi connectivity index (χ0n) is 18.6. The van der Waals surface area contributed by atoms with E-state index < -0.39 is 27.9 Å². The van der Waals surface area contributed by atoms with E-state index in [1.807, 2.05) is 31.2 Å². The molecule has 0 radical (unpaired) electrons. The Labute approximate surface area is 197 Å². The third-order valence-corrected chi connectivity index (χ3v) is 6.93. The maximum absolute atomic E-state index is 13.1. The minimum atomic E-state index is -4.04. The maximum atomic E-state index is 13.1. The van der Waals surface area contributed by atoms with Gasteiger partial charge in [-0.1, -0.05) is 24.3 Å². The first-order valence-electron chi connectivity index (χ1n) is 10.7. The molecule has 1 aliphatic rings. The number of carbonyl (C=O) groups excluding carboxylic acids is 2. The molecule has 0 saturated carbocycles. The van der Waals surface area contributed by atoms with Crippen molar-refractivity contribution in [2.75, 3.05) is 9.62 Å². The van der Waals surface area contributed by atoms with Crippen molar-refractivity contribution in [2.24, 2.45) is 0 Å². The molecule has 0 aromatic heterocycles. The van der Waals surface area contributed by atoms with Gasteiger partial charge in [0.05, 0.1) is 10.5 Å². The number of esters is 1. The maximum Gasteiger partial charge on any atom is 0.338 e. The lowest BCUT2D eigenvalue weighted by Crippen LogP contribution is -2.43. The van der Waals surface area contributed by atoms with Crippen LogP contribution in [0.1, 0.15) is 29.8 Å². The van der Waals surface area contributed by atoms with E-state index in [1.165, 1.54) is 43.3 Å². The van der Waals surface area contributed by atoms with E-state index in [9.17, 15) is 22.4 Å². The molecule has 0 saturated heterocycles. The number of fused-ring (bicyclic) bond motifs is 1. The largest absolute Gasteiger partial charge is 0.449 e. The predicted molar refractivity (Wildman–Crippen MR) is 126 cm³/mol. The Hall–Kier alpha value is -3.72. The van der Waals surface area contributed by atoms with Crippen molar-refractivity contribution in [1.82, 2.24) is 0 Å². The number of nitrogens with zero attached hydrogens (tertiary/aromatic N) is 1. The lowest BCUT2D eigenvalue weighted by Gasteiger charge is -2.26. The molecule has 0 fully saturated rings. The van der Waals surface area contributed by atoms with E-state index in [1.54, 1.807) is 4.90 Å². The van der Waals surface area contributed by atoms with Crippen LogP contribution in [0.5, 0.6) is 0 Å². The van der Waals surface area contributed by atoms with Gasteiger partial charge in [0.15, 0.2) is 6.10 Å². The first-order valence-corrected chi connectivity index (χ1v) is 12.1. The van der Waals surface area contributed by atoms with Crippen LogP contribution in [-0.4, -0.2) is 32.4 Å². The van der Waals surface area contributed by atoms with Gasteiger partial charge >= 0.3 is 5.97 Å². The van der Waals surface area contributed by atoms with E-state index >= 15 is 0 Å². The van der Waals surface area contributed by atoms with E-state index in [-0.39, 0.29) is 28.1 Å². The van der Waals surface area contributed by atoms with Crippen molar-refractivity contribution in [1.29, 1.82) is 0 Å². The number of anilines is 2. The molecule has 2 unspecified atom stereocenters. The van der Waals surface area contributed by atoms with Crippen molar-refractivity contribution >= 4 is 33.3 Å². The zero-order chi connectivity index (χ0) is 24.5. The van der Waals surface area contributed by atoms with Crippen LogP contribution in [0.25, 0.3) is 0 Å². The summed E-state index contributed by atoms with van der Waals surface area (Å²) in [5.41, 5.74) is 2.00.